The molecule has 0 amide bonds. The van der Waals surface area contributed by atoms with Gasteiger partial charge in [-0.25, -0.2) is 4.68 Å². The highest BCUT2D eigenvalue weighted by molar-refractivity contribution is 5.66. The Balaban J connectivity index is 1.96. The lowest BCUT2D eigenvalue weighted by Gasteiger charge is -2.12. The van der Waals surface area contributed by atoms with Gasteiger partial charge in [-0.2, -0.15) is 0 Å². The van der Waals surface area contributed by atoms with Gasteiger partial charge in [0.05, 0.1) is 24.0 Å². The van der Waals surface area contributed by atoms with E-state index in [9.17, 15) is 4.79 Å². The highest BCUT2D eigenvalue weighted by atomic mass is 16.4. The summed E-state index contributed by atoms with van der Waals surface area (Å²) in [6, 6.07) is 9.73. The fourth-order valence-electron chi connectivity index (χ4n) is 1.72. The number of rotatable bonds is 6. The van der Waals surface area contributed by atoms with Gasteiger partial charge in [0.1, 0.15) is 0 Å². The van der Waals surface area contributed by atoms with Crippen LogP contribution < -0.4 is 0 Å². The van der Waals surface area contributed by atoms with E-state index < -0.39 is 5.97 Å². The van der Waals surface area contributed by atoms with Crippen LogP contribution in [0.25, 0.3) is 5.69 Å². The van der Waals surface area contributed by atoms with Gasteiger partial charge in [-0.15, -0.1) is 5.10 Å². The minimum Gasteiger partial charge on any atom is -0.481 e. The van der Waals surface area contributed by atoms with Crippen LogP contribution in [0.1, 0.15) is 12.1 Å². The molecule has 100 valence electrons. The Kier molecular flexibility index (Phi) is 4.25. The number of carbonyl (C=O) groups is 1. The number of para-hydroxylation sites is 1. The second kappa shape index (κ2) is 6.10. The van der Waals surface area contributed by atoms with Crippen LogP contribution in [0.4, 0.5) is 0 Å². The SMILES string of the molecule is CN(CCC(=O)O)Cc1cn(-c2ccccc2)nn1. The lowest BCUT2D eigenvalue weighted by molar-refractivity contribution is -0.137. The molecule has 0 saturated heterocycles. The van der Waals surface area contributed by atoms with E-state index in [1.54, 1.807) is 4.68 Å². The zero-order valence-corrected chi connectivity index (χ0v) is 10.7. The fraction of sp³-hybridized carbons (Fsp3) is 0.308. The van der Waals surface area contributed by atoms with Crippen molar-refractivity contribution in [3.8, 4) is 5.69 Å². The standard InChI is InChI=1S/C13H16N4O2/c1-16(8-7-13(18)19)9-11-10-17(15-14-11)12-5-3-2-4-6-12/h2-6,10H,7-9H2,1H3,(H,18,19). The first kappa shape index (κ1) is 13.2. The van der Waals surface area contributed by atoms with Crippen molar-refractivity contribution >= 4 is 5.97 Å². The van der Waals surface area contributed by atoms with Crippen molar-refractivity contribution in [1.82, 2.24) is 19.9 Å². The van der Waals surface area contributed by atoms with Crippen molar-refractivity contribution < 1.29 is 9.90 Å². The van der Waals surface area contributed by atoms with Crippen molar-refractivity contribution in [2.24, 2.45) is 0 Å². The molecule has 2 aromatic rings. The molecule has 0 atom stereocenters. The molecule has 0 aliphatic heterocycles. The molecule has 0 saturated carbocycles. The molecule has 0 fully saturated rings. The molecule has 19 heavy (non-hydrogen) atoms. The summed E-state index contributed by atoms with van der Waals surface area (Å²) in [5.74, 6) is -0.792. The molecular weight excluding hydrogens is 244 g/mol. The van der Waals surface area contributed by atoms with E-state index in [-0.39, 0.29) is 6.42 Å². The number of carboxylic acids is 1. The third-order valence-corrected chi connectivity index (χ3v) is 2.70. The first-order chi connectivity index (χ1) is 9.15. The molecule has 0 bridgehead atoms. The number of hydrogen-bond donors (Lipinski definition) is 1. The summed E-state index contributed by atoms with van der Waals surface area (Å²) in [6.45, 7) is 1.08. The minimum absolute atomic E-state index is 0.128. The average molecular weight is 260 g/mol. The van der Waals surface area contributed by atoms with E-state index in [0.717, 1.165) is 11.4 Å². The van der Waals surface area contributed by atoms with Crippen LogP contribution in [0.2, 0.25) is 0 Å². The normalized spacial score (nSPS) is 10.8. The Morgan fingerprint density at radius 1 is 1.37 bits per heavy atom. The van der Waals surface area contributed by atoms with Gasteiger partial charge in [-0.3, -0.25) is 9.69 Å². The number of nitrogens with zero attached hydrogens (tertiary/aromatic N) is 4. The van der Waals surface area contributed by atoms with Gasteiger partial charge in [0, 0.05) is 13.1 Å². The van der Waals surface area contributed by atoms with Crippen molar-refractivity contribution in [2.45, 2.75) is 13.0 Å². The fourth-order valence-corrected chi connectivity index (χ4v) is 1.72. The van der Waals surface area contributed by atoms with Crippen molar-refractivity contribution in [3.63, 3.8) is 0 Å². The van der Waals surface area contributed by atoms with Gasteiger partial charge >= 0.3 is 5.97 Å². The summed E-state index contributed by atoms with van der Waals surface area (Å²) in [5, 5.41) is 16.8. The molecule has 1 aromatic heterocycles. The first-order valence-corrected chi connectivity index (χ1v) is 6.02. The van der Waals surface area contributed by atoms with Gasteiger partial charge < -0.3 is 5.11 Å². The third kappa shape index (κ3) is 3.89. The lowest BCUT2D eigenvalue weighted by Crippen LogP contribution is -2.21. The summed E-state index contributed by atoms with van der Waals surface area (Å²) >= 11 is 0. The predicted octanol–water partition coefficient (Wildman–Crippen LogP) is 1.17. The summed E-state index contributed by atoms with van der Waals surface area (Å²) in [5.41, 5.74) is 1.77. The molecule has 1 aromatic carbocycles. The number of hydrogen-bond acceptors (Lipinski definition) is 4. The second-order valence-corrected chi connectivity index (χ2v) is 4.37. The number of benzene rings is 1. The van der Waals surface area contributed by atoms with E-state index >= 15 is 0 Å². The van der Waals surface area contributed by atoms with Crippen LogP contribution >= 0.6 is 0 Å². The summed E-state index contributed by atoms with van der Waals surface area (Å²) in [7, 11) is 1.87. The van der Waals surface area contributed by atoms with E-state index in [1.165, 1.54) is 0 Å². The quantitative estimate of drug-likeness (QED) is 0.844. The van der Waals surface area contributed by atoms with Gasteiger partial charge in [-0.05, 0) is 19.2 Å². The highest BCUT2D eigenvalue weighted by Gasteiger charge is 2.07. The molecule has 1 N–H and O–H groups in total. The number of carboxylic acid groups (broad SMARTS) is 1. The van der Waals surface area contributed by atoms with E-state index in [4.69, 9.17) is 5.11 Å². The van der Waals surface area contributed by atoms with Gasteiger partial charge in [-0.1, -0.05) is 23.4 Å². The number of aromatic nitrogens is 3. The molecule has 0 aliphatic rings. The van der Waals surface area contributed by atoms with Crippen molar-refractivity contribution in [2.75, 3.05) is 13.6 Å². The molecule has 1 heterocycles. The second-order valence-electron chi connectivity index (χ2n) is 4.37. The minimum atomic E-state index is -0.792. The Hall–Kier alpha value is -2.21. The maximum absolute atomic E-state index is 10.5. The Morgan fingerprint density at radius 2 is 2.11 bits per heavy atom. The predicted molar refractivity (Wildman–Crippen MR) is 69.9 cm³/mol. The molecule has 6 nitrogen and oxygen atoms in total. The molecule has 0 radical (unpaired) electrons. The smallest absolute Gasteiger partial charge is 0.304 e. The van der Waals surface area contributed by atoms with Crippen LogP contribution in [-0.2, 0) is 11.3 Å². The van der Waals surface area contributed by atoms with E-state index in [2.05, 4.69) is 10.3 Å². The van der Waals surface area contributed by atoms with Crippen LogP contribution in [0.5, 0.6) is 0 Å². The Labute approximate surface area is 111 Å². The van der Waals surface area contributed by atoms with Crippen molar-refractivity contribution in [1.29, 1.82) is 0 Å². The first-order valence-electron chi connectivity index (χ1n) is 6.02. The van der Waals surface area contributed by atoms with E-state index in [0.29, 0.717) is 13.1 Å². The van der Waals surface area contributed by atoms with Crippen LogP contribution in [0, 0.1) is 0 Å². The molecule has 0 aliphatic carbocycles. The molecular formula is C13H16N4O2. The van der Waals surface area contributed by atoms with Crippen LogP contribution in [-0.4, -0.2) is 44.6 Å². The van der Waals surface area contributed by atoms with Gasteiger partial charge in [0.15, 0.2) is 0 Å². The maximum atomic E-state index is 10.5. The topological polar surface area (TPSA) is 71.2 Å². The third-order valence-electron chi connectivity index (χ3n) is 2.70. The van der Waals surface area contributed by atoms with Crippen LogP contribution in [0.3, 0.4) is 0 Å². The largest absolute Gasteiger partial charge is 0.481 e. The maximum Gasteiger partial charge on any atom is 0.304 e. The average Bonchev–Trinajstić information content (AvgIpc) is 2.86. The van der Waals surface area contributed by atoms with Crippen molar-refractivity contribution in [3.05, 3.63) is 42.2 Å². The molecule has 2 rings (SSSR count). The number of aliphatic carboxylic acids is 1. The van der Waals surface area contributed by atoms with Gasteiger partial charge in [0.25, 0.3) is 0 Å². The molecule has 0 unspecified atom stereocenters. The Bertz CT molecular complexity index is 539. The monoisotopic (exact) mass is 260 g/mol. The summed E-state index contributed by atoms with van der Waals surface area (Å²) < 4.78 is 1.71. The molecule has 6 heteroatoms. The zero-order valence-electron chi connectivity index (χ0n) is 10.7. The Morgan fingerprint density at radius 3 is 2.79 bits per heavy atom. The lowest BCUT2D eigenvalue weighted by atomic mass is 10.3. The van der Waals surface area contributed by atoms with Gasteiger partial charge in [0.2, 0.25) is 0 Å². The highest BCUT2D eigenvalue weighted by Crippen LogP contribution is 2.07. The van der Waals surface area contributed by atoms with Crippen LogP contribution in [0.15, 0.2) is 36.5 Å². The zero-order chi connectivity index (χ0) is 13.7. The molecule has 0 spiro atoms. The summed E-state index contributed by atoms with van der Waals surface area (Å²) in [4.78, 5) is 12.4. The summed E-state index contributed by atoms with van der Waals surface area (Å²) in [6.07, 6.45) is 1.98. The van der Waals surface area contributed by atoms with E-state index in [1.807, 2.05) is 48.5 Å².